The van der Waals surface area contributed by atoms with Gasteiger partial charge in [0.25, 0.3) is 0 Å². The maximum absolute atomic E-state index is 11.5. The van der Waals surface area contributed by atoms with Crippen molar-refractivity contribution in [2.75, 3.05) is 11.9 Å². The van der Waals surface area contributed by atoms with Gasteiger partial charge in [0.1, 0.15) is 11.4 Å². The van der Waals surface area contributed by atoms with Gasteiger partial charge in [-0.2, -0.15) is 4.98 Å². The van der Waals surface area contributed by atoms with Crippen LogP contribution in [-0.4, -0.2) is 32.7 Å². The maximum atomic E-state index is 11.5. The molecule has 33 heavy (non-hydrogen) atoms. The molecule has 0 radical (unpaired) electrons. The van der Waals surface area contributed by atoms with E-state index in [-0.39, 0.29) is 12.3 Å². The van der Waals surface area contributed by atoms with Crippen LogP contribution >= 0.6 is 0 Å². The van der Waals surface area contributed by atoms with Crippen molar-refractivity contribution in [1.29, 1.82) is 0 Å². The molecule has 5 rings (SSSR count). The zero-order valence-corrected chi connectivity index (χ0v) is 18.3. The number of hydrogen-bond donors (Lipinski definition) is 2. The van der Waals surface area contributed by atoms with Gasteiger partial charge < -0.3 is 19.4 Å². The number of rotatable bonds is 9. The van der Waals surface area contributed by atoms with Crippen molar-refractivity contribution in [1.82, 2.24) is 15.1 Å². The Hall–Kier alpha value is -3.68. The number of carboxylic acid groups (broad SMARTS) is 1. The highest BCUT2D eigenvalue weighted by Gasteiger charge is 2.21. The zero-order valence-electron chi connectivity index (χ0n) is 18.3. The van der Waals surface area contributed by atoms with Gasteiger partial charge in [-0.05, 0) is 55.0 Å². The highest BCUT2D eigenvalue weighted by atomic mass is 16.5. The fraction of sp³-hybridized carbons (Fsp3) is 0.360. The van der Waals surface area contributed by atoms with Gasteiger partial charge in [0.05, 0.1) is 12.7 Å². The number of aromatic nitrogens is 3. The van der Waals surface area contributed by atoms with Crippen LogP contribution in [0, 0.1) is 0 Å². The van der Waals surface area contributed by atoms with Crippen LogP contribution in [0.1, 0.15) is 53.7 Å². The molecule has 8 heteroatoms. The SMILES string of the molecule is O=C(O)CC(Cc1nc(CCCc2ccc3c(n2)NCCC3)no1)c1ccc2ccoc2c1. The van der Waals surface area contributed by atoms with Crippen LogP contribution in [-0.2, 0) is 30.5 Å². The topological polar surface area (TPSA) is 114 Å². The average molecular weight is 447 g/mol. The van der Waals surface area contributed by atoms with E-state index in [4.69, 9.17) is 13.9 Å². The van der Waals surface area contributed by atoms with Crippen LogP contribution in [0.15, 0.2) is 51.6 Å². The molecule has 0 spiro atoms. The number of furan rings is 1. The van der Waals surface area contributed by atoms with E-state index in [0.29, 0.717) is 24.6 Å². The van der Waals surface area contributed by atoms with Crippen molar-refractivity contribution in [3.8, 4) is 0 Å². The zero-order chi connectivity index (χ0) is 22.6. The van der Waals surface area contributed by atoms with Crippen LogP contribution < -0.4 is 5.32 Å². The number of fused-ring (bicyclic) bond motifs is 2. The molecule has 0 bridgehead atoms. The summed E-state index contributed by atoms with van der Waals surface area (Å²) in [5.74, 6) is 0.949. The molecule has 4 aromatic rings. The number of carbonyl (C=O) groups is 1. The highest BCUT2D eigenvalue weighted by Crippen LogP contribution is 2.28. The average Bonchev–Trinajstić information content (AvgIpc) is 3.47. The van der Waals surface area contributed by atoms with Crippen molar-refractivity contribution < 1.29 is 18.8 Å². The van der Waals surface area contributed by atoms with Crippen LogP contribution in [0.2, 0.25) is 0 Å². The summed E-state index contributed by atoms with van der Waals surface area (Å²) in [5.41, 5.74) is 3.96. The van der Waals surface area contributed by atoms with Gasteiger partial charge in [-0.1, -0.05) is 23.4 Å². The summed E-state index contributed by atoms with van der Waals surface area (Å²) in [7, 11) is 0. The van der Waals surface area contributed by atoms with Gasteiger partial charge in [-0.3, -0.25) is 4.79 Å². The lowest BCUT2D eigenvalue weighted by molar-refractivity contribution is -0.137. The molecule has 1 aromatic carbocycles. The second-order valence-electron chi connectivity index (χ2n) is 8.52. The largest absolute Gasteiger partial charge is 0.481 e. The molecule has 0 fully saturated rings. The molecule has 0 amide bonds. The van der Waals surface area contributed by atoms with Crippen LogP contribution in [0.25, 0.3) is 11.0 Å². The van der Waals surface area contributed by atoms with Crippen molar-refractivity contribution in [2.24, 2.45) is 0 Å². The van der Waals surface area contributed by atoms with Gasteiger partial charge in [-0.25, -0.2) is 4.98 Å². The summed E-state index contributed by atoms with van der Waals surface area (Å²) in [6, 6.07) is 11.9. The summed E-state index contributed by atoms with van der Waals surface area (Å²) in [6.07, 6.45) is 6.57. The second-order valence-corrected chi connectivity index (χ2v) is 8.52. The van der Waals surface area contributed by atoms with E-state index in [1.807, 2.05) is 24.3 Å². The Morgan fingerprint density at radius 2 is 2.09 bits per heavy atom. The predicted octanol–water partition coefficient (Wildman–Crippen LogP) is 4.55. The van der Waals surface area contributed by atoms with E-state index >= 15 is 0 Å². The maximum Gasteiger partial charge on any atom is 0.303 e. The van der Waals surface area contributed by atoms with Crippen molar-refractivity contribution >= 4 is 22.8 Å². The summed E-state index contributed by atoms with van der Waals surface area (Å²) in [4.78, 5) is 20.7. The summed E-state index contributed by atoms with van der Waals surface area (Å²) < 4.78 is 10.9. The summed E-state index contributed by atoms with van der Waals surface area (Å²) in [5, 5.41) is 17.9. The normalized spacial score (nSPS) is 14.1. The minimum Gasteiger partial charge on any atom is -0.481 e. The molecule has 4 heterocycles. The Labute approximate surface area is 191 Å². The summed E-state index contributed by atoms with van der Waals surface area (Å²) >= 11 is 0. The molecule has 0 aliphatic carbocycles. The molecule has 3 aromatic heterocycles. The number of pyridine rings is 1. The Morgan fingerprint density at radius 1 is 1.15 bits per heavy atom. The molecular weight excluding hydrogens is 420 g/mol. The lowest BCUT2D eigenvalue weighted by atomic mass is 9.92. The Morgan fingerprint density at radius 3 is 3.00 bits per heavy atom. The number of anilines is 1. The van der Waals surface area contributed by atoms with E-state index in [0.717, 1.165) is 60.3 Å². The Balaban J connectivity index is 1.21. The minimum atomic E-state index is -0.869. The lowest BCUT2D eigenvalue weighted by Crippen LogP contribution is -2.14. The molecule has 2 N–H and O–H groups in total. The van der Waals surface area contributed by atoms with Crippen LogP contribution in [0.5, 0.6) is 0 Å². The molecule has 170 valence electrons. The fourth-order valence-electron chi connectivity index (χ4n) is 4.36. The number of carboxylic acids is 1. The van der Waals surface area contributed by atoms with Gasteiger partial charge in [0, 0.05) is 36.4 Å². The third-order valence-electron chi connectivity index (χ3n) is 6.09. The van der Waals surface area contributed by atoms with Gasteiger partial charge in [-0.15, -0.1) is 0 Å². The van der Waals surface area contributed by atoms with Crippen LogP contribution in [0.4, 0.5) is 5.82 Å². The first kappa shape index (κ1) is 21.2. The number of benzene rings is 1. The third kappa shape index (κ3) is 5.05. The van der Waals surface area contributed by atoms with Crippen molar-refractivity contribution in [3.63, 3.8) is 0 Å². The van der Waals surface area contributed by atoms with E-state index in [1.54, 1.807) is 6.26 Å². The third-order valence-corrected chi connectivity index (χ3v) is 6.09. The smallest absolute Gasteiger partial charge is 0.303 e. The first-order valence-corrected chi connectivity index (χ1v) is 11.4. The molecule has 1 aliphatic heterocycles. The number of nitrogens with one attached hydrogen (secondary N) is 1. The van der Waals surface area contributed by atoms with E-state index in [2.05, 4.69) is 27.6 Å². The molecule has 1 unspecified atom stereocenters. The summed E-state index contributed by atoms with van der Waals surface area (Å²) in [6.45, 7) is 0.979. The van der Waals surface area contributed by atoms with Crippen LogP contribution in [0.3, 0.4) is 0 Å². The quantitative estimate of drug-likeness (QED) is 0.385. The standard InChI is InChI=1S/C25H26N4O4/c30-24(31)15-19(18-7-6-16-10-12-32-21(16)13-18)14-23-28-22(29-33-23)5-1-4-20-9-8-17-3-2-11-26-25(17)27-20/h6-10,12-13,19H,1-5,11,14-15H2,(H,26,27)(H,30,31). The molecule has 0 saturated heterocycles. The monoisotopic (exact) mass is 446 g/mol. The number of aryl methyl sites for hydroxylation is 3. The molecular formula is C25H26N4O4. The van der Waals surface area contributed by atoms with Gasteiger partial charge >= 0.3 is 5.97 Å². The number of aliphatic carboxylic acids is 1. The fourth-order valence-corrected chi connectivity index (χ4v) is 4.36. The molecule has 1 aliphatic rings. The van der Waals surface area contributed by atoms with Crippen molar-refractivity contribution in [3.05, 3.63) is 71.2 Å². The Bertz CT molecular complexity index is 1260. The highest BCUT2D eigenvalue weighted by molar-refractivity contribution is 5.78. The lowest BCUT2D eigenvalue weighted by Gasteiger charge is -2.17. The first-order valence-electron chi connectivity index (χ1n) is 11.4. The van der Waals surface area contributed by atoms with Gasteiger partial charge in [0.2, 0.25) is 5.89 Å². The van der Waals surface area contributed by atoms with Gasteiger partial charge in [0.15, 0.2) is 5.82 Å². The molecule has 1 atom stereocenters. The minimum absolute atomic E-state index is 0.0258. The molecule has 8 nitrogen and oxygen atoms in total. The first-order chi connectivity index (χ1) is 16.1. The van der Waals surface area contributed by atoms with E-state index in [9.17, 15) is 9.90 Å². The van der Waals surface area contributed by atoms with E-state index < -0.39 is 5.97 Å². The number of hydrogen-bond acceptors (Lipinski definition) is 7. The Kier molecular flexibility index (Phi) is 6.06. The predicted molar refractivity (Wildman–Crippen MR) is 122 cm³/mol. The van der Waals surface area contributed by atoms with E-state index in [1.165, 1.54) is 5.56 Å². The molecule has 0 saturated carbocycles. The van der Waals surface area contributed by atoms with Crippen molar-refractivity contribution in [2.45, 2.75) is 50.9 Å². The second kappa shape index (κ2) is 9.44. The number of nitrogens with zero attached hydrogens (tertiary/aromatic N) is 3.